The SMILES string of the molecule is CC(Nc1c(Br)cc(Br)cc1Br)c1ccccc1Br. The standard InChI is InChI=1S/C14H11Br4N/c1-8(10-4-2-3-5-11(10)16)19-14-12(17)6-9(15)7-13(14)18/h2-8,19H,1H3. The molecule has 1 unspecified atom stereocenters. The molecule has 0 bridgehead atoms. The third kappa shape index (κ3) is 3.84. The summed E-state index contributed by atoms with van der Waals surface area (Å²) in [4.78, 5) is 0. The topological polar surface area (TPSA) is 12.0 Å². The van der Waals surface area contributed by atoms with Crippen LogP contribution < -0.4 is 5.32 Å². The van der Waals surface area contributed by atoms with Gasteiger partial charge in [0.2, 0.25) is 0 Å². The van der Waals surface area contributed by atoms with Crippen molar-refractivity contribution in [2.45, 2.75) is 13.0 Å². The first-order chi connectivity index (χ1) is 8.99. The lowest BCUT2D eigenvalue weighted by Crippen LogP contribution is -2.08. The molecule has 0 radical (unpaired) electrons. The van der Waals surface area contributed by atoms with E-state index in [1.54, 1.807) is 0 Å². The second-order valence-electron chi connectivity index (χ2n) is 4.13. The number of halogens is 4. The Morgan fingerprint density at radius 3 is 2.05 bits per heavy atom. The molecule has 1 atom stereocenters. The van der Waals surface area contributed by atoms with E-state index in [2.05, 4.69) is 88.1 Å². The van der Waals surface area contributed by atoms with Crippen LogP contribution in [0.2, 0.25) is 0 Å². The molecule has 0 aromatic heterocycles. The number of nitrogens with one attached hydrogen (secondary N) is 1. The molecule has 1 nitrogen and oxygen atoms in total. The molecule has 2 rings (SSSR count). The maximum Gasteiger partial charge on any atom is 0.0634 e. The van der Waals surface area contributed by atoms with Crippen LogP contribution in [0.4, 0.5) is 5.69 Å². The zero-order valence-corrected chi connectivity index (χ0v) is 16.4. The molecule has 0 fully saturated rings. The Morgan fingerprint density at radius 2 is 1.47 bits per heavy atom. The Hall–Kier alpha value is 0.160. The Morgan fingerprint density at radius 1 is 0.895 bits per heavy atom. The Labute approximate surface area is 146 Å². The van der Waals surface area contributed by atoms with Gasteiger partial charge < -0.3 is 5.32 Å². The van der Waals surface area contributed by atoms with Crippen LogP contribution in [0.25, 0.3) is 0 Å². The average Bonchev–Trinajstić information content (AvgIpc) is 2.34. The summed E-state index contributed by atoms with van der Waals surface area (Å²) in [6.45, 7) is 2.14. The molecule has 5 heteroatoms. The summed E-state index contributed by atoms with van der Waals surface area (Å²) >= 11 is 14.2. The normalized spacial score (nSPS) is 12.3. The highest BCUT2D eigenvalue weighted by Gasteiger charge is 2.13. The Balaban J connectivity index is 2.29. The van der Waals surface area contributed by atoms with Crippen LogP contribution in [0.3, 0.4) is 0 Å². The number of hydrogen-bond acceptors (Lipinski definition) is 1. The van der Waals surface area contributed by atoms with Gasteiger partial charge in [0.25, 0.3) is 0 Å². The highest BCUT2D eigenvalue weighted by atomic mass is 79.9. The van der Waals surface area contributed by atoms with Gasteiger partial charge in [0.15, 0.2) is 0 Å². The summed E-state index contributed by atoms with van der Waals surface area (Å²) in [5.74, 6) is 0. The van der Waals surface area contributed by atoms with Gasteiger partial charge in [-0.15, -0.1) is 0 Å². The first kappa shape index (κ1) is 15.5. The van der Waals surface area contributed by atoms with E-state index in [-0.39, 0.29) is 6.04 Å². The Bertz CT molecular complexity index is 575. The fourth-order valence-electron chi connectivity index (χ4n) is 1.80. The lowest BCUT2D eigenvalue weighted by Gasteiger charge is -2.19. The van der Waals surface area contributed by atoms with Crippen molar-refractivity contribution in [3.05, 3.63) is 59.9 Å². The zero-order valence-electron chi connectivity index (χ0n) is 10.1. The number of hydrogen-bond donors (Lipinski definition) is 1. The molecule has 0 amide bonds. The first-order valence-corrected chi connectivity index (χ1v) is 8.81. The zero-order chi connectivity index (χ0) is 14.0. The molecule has 0 spiro atoms. The third-order valence-electron chi connectivity index (χ3n) is 2.74. The van der Waals surface area contributed by atoms with Crippen molar-refractivity contribution in [2.24, 2.45) is 0 Å². The van der Waals surface area contributed by atoms with Crippen molar-refractivity contribution in [2.75, 3.05) is 5.32 Å². The van der Waals surface area contributed by atoms with E-state index in [9.17, 15) is 0 Å². The predicted octanol–water partition coefficient (Wildman–Crippen LogP) is 6.91. The molecule has 0 aliphatic heterocycles. The molecule has 0 saturated carbocycles. The van der Waals surface area contributed by atoms with Crippen LogP contribution in [0.15, 0.2) is 54.3 Å². The molecule has 0 saturated heterocycles. The summed E-state index contributed by atoms with van der Waals surface area (Å²) in [6.07, 6.45) is 0. The minimum absolute atomic E-state index is 0.198. The summed E-state index contributed by atoms with van der Waals surface area (Å²) in [7, 11) is 0. The monoisotopic (exact) mass is 509 g/mol. The van der Waals surface area contributed by atoms with Crippen LogP contribution in [0.1, 0.15) is 18.5 Å². The van der Waals surface area contributed by atoms with E-state index in [4.69, 9.17) is 0 Å². The Kier molecular flexibility index (Phi) is 5.52. The number of rotatable bonds is 3. The lowest BCUT2D eigenvalue weighted by atomic mass is 10.1. The maximum absolute atomic E-state index is 3.59. The van der Waals surface area contributed by atoms with Gasteiger partial charge in [-0.3, -0.25) is 0 Å². The minimum atomic E-state index is 0.198. The van der Waals surface area contributed by atoms with Crippen LogP contribution in [0.5, 0.6) is 0 Å². The van der Waals surface area contributed by atoms with Crippen LogP contribution in [0, 0.1) is 0 Å². The largest absolute Gasteiger partial charge is 0.377 e. The smallest absolute Gasteiger partial charge is 0.0634 e. The van der Waals surface area contributed by atoms with Gasteiger partial charge in [0, 0.05) is 23.9 Å². The summed E-state index contributed by atoms with van der Waals surface area (Å²) in [5, 5.41) is 3.52. The number of anilines is 1. The highest BCUT2D eigenvalue weighted by molar-refractivity contribution is 9.11. The molecule has 1 N–H and O–H groups in total. The van der Waals surface area contributed by atoms with E-state index in [1.165, 1.54) is 5.56 Å². The molecule has 0 aliphatic rings. The minimum Gasteiger partial charge on any atom is -0.377 e. The summed E-state index contributed by atoms with van der Waals surface area (Å²) < 4.78 is 4.19. The van der Waals surface area contributed by atoms with Gasteiger partial charge in [-0.2, -0.15) is 0 Å². The van der Waals surface area contributed by atoms with Gasteiger partial charge in [0.1, 0.15) is 0 Å². The second kappa shape index (κ2) is 6.74. The quantitative estimate of drug-likeness (QED) is 0.471. The fraction of sp³-hybridized carbons (Fsp3) is 0.143. The van der Waals surface area contributed by atoms with E-state index in [0.29, 0.717) is 0 Å². The molecule has 2 aromatic rings. The third-order valence-corrected chi connectivity index (χ3v) is 5.17. The van der Waals surface area contributed by atoms with E-state index >= 15 is 0 Å². The van der Waals surface area contributed by atoms with Crippen molar-refractivity contribution in [1.82, 2.24) is 0 Å². The molecular formula is C14H11Br4N. The van der Waals surface area contributed by atoms with E-state index in [0.717, 1.165) is 23.6 Å². The van der Waals surface area contributed by atoms with Crippen molar-refractivity contribution >= 4 is 69.4 Å². The predicted molar refractivity (Wildman–Crippen MR) is 95.7 cm³/mol. The molecule has 0 aliphatic carbocycles. The fourth-order valence-corrected chi connectivity index (χ4v) is 4.92. The van der Waals surface area contributed by atoms with Crippen LogP contribution in [-0.4, -0.2) is 0 Å². The van der Waals surface area contributed by atoms with Crippen LogP contribution in [-0.2, 0) is 0 Å². The van der Waals surface area contributed by atoms with Crippen molar-refractivity contribution < 1.29 is 0 Å². The summed E-state index contributed by atoms with van der Waals surface area (Å²) in [5.41, 5.74) is 2.27. The van der Waals surface area contributed by atoms with Crippen molar-refractivity contribution in [3.8, 4) is 0 Å². The molecule has 19 heavy (non-hydrogen) atoms. The molecular weight excluding hydrogens is 502 g/mol. The maximum atomic E-state index is 3.59. The molecule has 0 heterocycles. The van der Waals surface area contributed by atoms with Gasteiger partial charge in [-0.25, -0.2) is 0 Å². The highest BCUT2D eigenvalue weighted by Crippen LogP contribution is 2.37. The molecule has 100 valence electrons. The second-order valence-corrected chi connectivity index (χ2v) is 7.61. The van der Waals surface area contributed by atoms with Gasteiger partial charge in [-0.1, -0.05) is 50.1 Å². The van der Waals surface area contributed by atoms with E-state index in [1.807, 2.05) is 24.3 Å². The number of benzene rings is 2. The van der Waals surface area contributed by atoms with Gasteiger partial charge in [-0.05, 0) is 62.5 Å². The van der Waals surface area contributed by atoms with Gasteiger partial charge >= 0.3 is 0 Å². The van der Waals surface area contributed by atoms with Gasteiger partial charge in [0.05, 0.1) is 5.69 Å². The first-order valence-electron chi connectivity index (χ1n) is 5.64. The van der Waals surface area contributed by atoms with Crippen molar-refractivity contribution in [3.63, 3.8) is 0 Å². The lowest BCUT2D eigenvalue weighted by molar-refractivity contribution is 0.876. The van der Waals surface area contributed by atoms with Crippen molar-refractivity contribution in [1.29, 1.82) is 0 Å². The van der Waals surface area contributed by atoms with Crippen LogP contribution >= 0.6 is 63.7 Å². The average molecular weight is 513 g/mol. The van der Waals surface area contributed by atoms with E-state index < -0.39 is 0 Å². The summed E-state index contributed by atoms with van der Waals surface area (Å²) in [6, 6.07) is 12.5. The molecule has 2 aromatic carbocycles.